The maximum Gasteiger partial charge on any atom is 0.315 e. The molecule has 2 unspecified atom stereocenters. The van der Waals surface area contributed by atoms with Crippen LogP contribution in [0.3, 0.4) is 0 Å². The van der Waals surface area contributed by atoms with E-state index in [2.05, 4.69) is 17.6 Å². The van der Waals surface area contributed by atoms with E-state index in [-0.39, 0.29) is 6.03 Å². The Balaban J connectivity index is 1.75. The third-order valence-corrected chi connectivity index (χ3v) is 4.44. The summed E-state index contributed by atoms with van der Waals surface area (Å²) in [7, 11) is 0. The number of amides is 2. The summed E-state index contributed by atoms with van der Waals surface area (Å²) >= 11 is 0. The largest absolute Gasteiger partial charge is 0.335 e. The molecule has 0 heterocycles. The fraction of sp³-hybridized carbons (Fsp3) is 0.929. The number of urea groups is 1. The van der Waals surface area contributed by atoms with Crippen molar-refractivity contribution >= 4 is 6.03 Å². The highest BCUT2D eigenvalue weighted by Gasteiger charge is 2.26. The van der Waals surface area contributed by atoms with Crippen molar-refractivity contribution in [3.05, 3.63) is 0 Å². The van der Waals surface area contributed by atoms with Gasteiger partial charge in [0.05, 0.1) is 0 Å². The summed E-state index contributed by atoms with van der Waals surface area (Å²) in [6, 6.07) is 0.913. The molecule has 2 fully saturated rings. The molecule has 98 valence electrons. The minimum atomic E-state index is 0.0715. The normalized spacial score (nSPS) is 30.2. The zero-order chi connectivity index (χ0) is 12.1. The van der Waals surface area contributed by atoms with E-state index < -0.39 is 0 Å². The van der Waals surface area contributed by atoms with Crippen LogP contribution in [0.5, 0.6) is 0 Å². The Bertz CT molecular complexity index is 249. The molecule has 0 saturated heterocycles. The van der Waals surface area contributed by atoms with Crippen LogP contribution < -0.4 is 10.6 Å². The second-order valence-electron chi connectivity index (χ2n) is 5.66. The summed E-state index contributed by atoms with van der Waals surface area (Å²) in [5.41, 5.74) is 0. The summed E-state index contributed by atoms with van der Waals surface area (Å²) in [6.07, 6.45) is 11.1. The number of carbonyl (C=O) groups is 1. The number of carbonyl (C=O) groups excluding carboxylic acids is 1. The molecule has 3 heteroatoms. The van der Waals surface area contributed by atoms with Gasteiger partial charge in [-0.3, -0.25) is 0 Å². The fourth-order valence-electron chi connectivity index (χ4n) is 3.35. The topological polar surface area (TPSA) is 41.1 Å². The molecular formula is C14H26N2O. The molecular weight excluding hydrogens is 212 g/mol. The number of hydrogen-bond acceptors (Lipinski definition) is 1. The maximum atomic E-state index is 11.9. The van der Waals surface area contributed by atoms with Gasteiger partial charge in [0.2, 0.25) is 0 Å². The lowest BCUT2D eigenvalue weighted by atomic mass is 9.83. The van der Waals surface area contributed by atoms with Gasteiger partial charge in [0, 0.05) is 12.1 Å². The number of nitrogens with one attached hydrogen (secondary N) is 2. The molecule has 2 rings (SSSR count). The molecule has 2 aliphatic rings. The smallest absolute Gasteiger partial charge is 0.315 e. The highest BCUT2D eigenvalue weighted by atomic mass is 16.2. The van der Waals surface area contributed by atoms with E-state index in [4.69, 9.17) is 0 Å². The standard InChI is InChI=1S/C14H26N2O/c1-2-11-7-3-6-10-13(11)16-14(17)15-12-8-4-5-9-12/h11-13H,2-10H2,1H3,(H2,15,16,17). The molecule has 17 heavy (non-hydrogen) atoms. The predicted octanol–water partition coefficient (Wildman–Crippen LogP) is 3.20. The van der Waals surface area contributed by atoms with Gasteiger partial charge in [-0.2, -0.15) is 0 Å². The molecule has 2 saturated carbocycles. The summed E-state index contributed by atoms with van der Waals surface area (Å²) in [5, 5.41) is 6.32. The molecule has 2 atom stereocenters. The molecule has 0 aromatic carbocycles. The van der Waals surface area contributed by atoms with Gasteiger partial charge >= 0.3 is 6.03 Å². The summed E-state index contributed by atoms with van der Waals surface area (Å²) in [6.45, 7) is 2.24. The van der Waals surface area contributed by atoms with E-state index >= 15 is 0 Å². The van der Waals surface area contributed by atoms with Crippen LogP contribution in [0.4, 0.5) is 4.79 Å². The van der Waals surface area contributed by atoms with Crippen molar-refractivity contribution in [3.63, 3.8) is 0 Å². The van der Waals surface area contributed by atoms with Crippen LogP contribution in [0.25, 0.3) is 0 Å². The average molecular weight is 238 g/mol. The number of rotatable bonds is 3. The van der Waals surface area contributed by atoms with Crippen LogP contribution in [0, 0.1) is 5.92 Å². The predicted molar refractivity (Wildman–Crippen MR) is 70.0 cm³/mol. The highest BCUT2D eigenvalue weighted by Crippen LogP contribution is 2.26. The molecule has 0 bridgehead atoms. The third-order valence-electron chi connectivity index (χ3n) is 4.44. The summed E-state index contributed by atoms with van der Waals surface area (Å²) < 4.78 is 0. The van der Waals surface area contributed by atoms with Crippen molar-refractivity contribution < 1.29 is 4.79 Å². The zero-order valence-corrected chi connectivity index (χ0v) is 11.0. The van der Waals surface area contributed by atoms with Crippen LogP contribution in [-0.2, 0) is 0 Å². The molecule has 2 N–H and O–H groups in total. The Labute approximate surface area is 105 Å². The van der Waals surface area contributed by atoms with Gasteiger partial charge in [-0.25, -0.2) is 4.79 Å². The average Bonchev–Trinajstić information content (AvgIpc) is 2.82. The minimum absolute atomic E-state index is 0.0715. The fourth-order valence-corrected chi connectivity index (χ4v) is 3.35. The molecule has 0 aromatic heterocycles. The van der Waals surface area contributed by atoms with Crippen LogP contribution in [0.2, 0.25) is 0 Å². The van der Waals surface area contributed by atoms with Crippen molar-refractivity contribution in [2.45, 2.75) is 76.8 Å². The Hall–Kier alpha value is -0.730. The summed E-state index contributed by atoms with van der Waals surface area (Å²) in [4.78, 5) is 11.9. The van der Waals surface area contributed by atoms with E-state index in [0.29, 0.717) is 18.0 Å². The van der Waals surface area contributed by atoms with E-state index in [1.807, 2.05) is 0 Å². The first-order valence-electron chi connectivity index (χ1n) is 7.36. The molecule has 3 nitrogen and oxygen atoms in total. The van der Waals surface area contributed by atoms with Crippen molar-refractivity contribution in [2.75, 3.05) is 0 Å². The first-order valence-corrected chi connectivity index (χ1v) is 7.36. The van der Waals surface area contributed by atoms with Gasteiger partial charge in [0.1, 0.15) is 0 Å². The minimum Gasteiger partial charge on any atom is -0.335 e. The van der Waals surface area contributed by atoms with Gasteiger partial charge in [-0.05, 0) is 31.6 Å². The third kappa shape index (κ3) is 3.62. The summed E-state index contributed by atoms with van der Waals surface area (Å²) in [5.74, 6) is 0.693. The zero-order valence-electron chi connectivity index (χ0n) is 11.0. The highest BCUT2D eigenvalue weighted by molar-refractivity contribution is 5.74. The molecule has 0 aromatic rings. The van der Waals surface area contributed by atoms with Crippen LogP contribution in [-0.4, -0.2) is 18.1 Å². The van der Waals surface area contributed by atoms with Crippen molar-refractivity contribution in [1.29, 1.82) is 0 Å². The van der Waals surface area contributed by atoms with E-state index in [0.717, 1.165) is 19.3 Å². The van der Waals surface area contributed by atoms with Crippen molar-refractivity contribution in [1.82, 2.24) is 10.6 Å². The lowest BCUT2D eigenvalue weighted by Gasteiger charge is -2.31. The first-order chi connectivity index (χ1) is 8.29. The van der Waals surface area contributed by atoms with Crippen LogP contribution in [0.1, 0.15) is 64.7 Å². The maximum absolute atomic E-state index is 11.9. The molecule has 2 amide bonds. The van der Waals surface area contributed by atoms with E-state index in [9.17, 15) is 4.79 Å². The molecule has 0 aliphatic heterocycles. The Morgan fingerprint density at radius 2 is 1.65 bits per heavy atom. The van der Waals surface area contributed by atoms with Crippen molar-refractivity contribution in [3.8, 4) is 0 Å². The second kappa shape index (κ2) is 6.27. The quantitative estimate of drug-likeness (QED) is 0.779. The van der Waals surface area contributed by atoms with Gasteiger partial charge in [-0.1, -0.05) is 39.0 Å². The van der Waals surface area contributed by atoms with Crippen molar-refractivity contribution in [2.24, 2.45) is 5.92 Å². The van der Waals surface area contributed by atoms with Crippen LogP contribution in [0.15, 0.2) is 0 Å². The molecule has 0 spiro atoms. The Kier molecular flexibility index (Phi) is 4.69. The van der Waals surface area contributed by atoms with Gasteiger partial charge < -0.3 is 10.6 Å². The van der Waals surface area contributed by atoms with Gasteiger partial charge in [0.15, 0.2) is 0 Å². The van der Waals surface area contributed by atoms with Crippen LogP contribution >= 0.6 is 0 Å². The Morgan fingerprint density at radius 1 is 1.00 bits per heavy atom. The monoisotopic (exact) mass is 238 g/mol. The van der Waals surface area contributed by atoms with E-state index in [1.54, 1.807) is 0 Å². The first kappa shape index (κ1) is 12.7. The molecule has 0 radical (unpaired) electrons. The van der Waals surface area contributed by atoms with Gasteiger partial charge in [-0.15, -0.1) is 0 Å². The lowest BCUT2D eigenvalue weighted by Crippen LogP contribution is -2.48. The SMILES string of the molecule is CCC1CCCCC1NC(=O)NC1CCCC1. The number of hydrogen-bond donors (Lipinski definition) is 2. The second-order valence-corrected chi connectivity index (χ2v) is 5.66. The molecule has 2 aliphatic carbocycles. The van der Waals surface area contributed by atoms with E-state index in [1.165, 1.54) is 38.5 Å². The Morgan fingerprint density at radius 3 is 2.35 bits per heavy atom. The van der Waals surface area contributed by atoms with Gasteiger partial charge in [0.25, 0.3) is 0 Å². The lowest BCUT2D eigenvalue weighted by molar-refractivity contribution is 0.213.